The number of nitrogens with one attached hydrogen (secondary N) is 1. The third-order valence-electron chi connectivity index (χ3n) is 1.82. The number of furan rings is 1. The highest BCUT2D eigenvalue weighted by Gasteiger charge is 2.09. The van der Waals surface area contributed by atoms with Crippen molar-refractivity contribution in [1.82, 2.24) is 4.98 Å². The number of amides is 1. The number of rotatable bonds is 2. The lowest BCUT2D eigenvalue weighted by molar-refractivity contribution is 0.102. The first-order chi connectivity index (χ1) is 8.29. The van der Waals surface area contributed by atoms with Gasteiger partial charge in [-0.1, -0.05) is 23.2 Å². The van der Waals surface area contributed by atoms with Crippen LogP contribution in [0.2, 0.25) is 0 Å². The maximum absolute atomic E-state index is 11.6. The number of aromatic nitrogens is 1. The fourth-order valence-corrected chi connectivity index (χ4v) is 1.78. The zero-order chi connectivity index (χ0) is 12.1. The highest BCUT2D eigenvalue weighted by atomic mass is 32.1. The summed E-state index contributed by atoms with van der Waals surface area (Å²) >= 11 is 1.30. The van der Waals surface area contributed by atoms with Crippen LogP contribution in [0.4, 0.5) is 5.13 Å². The molecule has 3 N–H and O–H groups in total. The van der Waals surface area contributed by atoms with Crippen molar-refractivity contribution in [3.63, 3.8) is 0 Å². The van der Waals surface area contributed by atoms with Crippen LogP contribution in [-0.4, -0.2) is 17.4 Å². The molecule has 0 saturated carbocycles. The molecule has 1 amide bonds. The summed E-state index contributed by atoms with van der Waals surface area (Å²) in [7, 11) is 0. The van der Waals surface area contributed by atoms with Crippen LogP contribution < -0.4 is 11.1 Å². The number of nitrogens with two attached hydrogens (primary N) is 1. The van der Waals surface area contributed by atoms with Gasteiger partial charge in [0.15, 0.2) is 5.13 Å². The lowest BCUT2D eigenvalue weighted by Gasteiger charge is -1.96. The summed E-state index contributed by atoms with van der Waals surface area (Å²) in [6.45, 7) is 0.300. The summed E-state index contributed by atoms with van der Waals surface area (Å²) in [6, 6.07) is 1.58. The third kappa shape index (κ3) is 2.93. The van der Waals surface area contributed by atoms with E-state index in [1.54, 1.807) is 12.3 Å². The maximum Gasteiger partial charge on any atom is 0.260 e. The largest absolute Gasteiger partial charge is 0.472 e. The molecule has 0 aliphatic heterocycles. The minimum atomic E-state index is -0.258. The lowest BCUT2D eigenvalue weighted by atomic mass is 10.3. The van der Waals surface area contributed by atoms with Crippen LogP contribution in [0.3, 0.4) is 0 Å². The van der Waals surface area contributed by atoms with Crippen LogP contribution in [0.25, 0.3) is 0 Å². The number of carbonyl (C=O) groups is 1. The molecule has 0 radical (unpaired) electrons. The average Bonchev–Trinajstić information content (AvgIpc) is 2.97. The molecule has 2 aromatic heterocycles. The van der Waals surface area contributed by atoms with Crippen molar-refractivity contribution in [3.8, 4) is 11.8 Å². The maximum atomic E-state index is 11.6. The zero-order valence-electron chi connectivity index (χ0n) is 8.77. The van der Waals surface area contributed by atoms with E-state index < -0.39 is 0 Å². The molecule has 2 heterocycles. The summed E-state index contributed by atoms with van der Waals surface area (Å²) in [5.41, 5.74) is 5.71. The number of thiazole rings is 1. The average molecular weight is 247 g/mol. The molecule has 2 rings (SSSR count). The second-order valence-electron chi connectivity index (χ2n) is 3.00. The molecule has 0 fully saturated rings. The third-order valence-corrected chi connectivity index (χ3v) is 2.65. The SMILES string of the molecule is NCC#Cc1cnc(NC(=O)c2ccoc2)s1. The van der Waals surface area contributed by atoms with Crippen molar-refractivity contribution in [2.24, 2.45) is 5.73 Å². The van der Waals surface area contributed by atoms with Gasteiger partial charge in [0, 0.05) is 0 Å². The highest BCUT2D eigenvalue weighted by molar-refractivity contribution is 7.16. The van der Waals surface area contributed by atoms with Crippen molar-refractivity contribution < 1.29 is 9.21 Å². The van der Waals surface area contributed by atoms with E-state index in [-0.39, 0.29) is 5.91 Å². The van der Waals surface area contributed by atoms with Gasteiger partial charge < -0.3 is 10.2 Å². The molecule has 2 aromatic rings. The number of carbonyl (C=O) groups excluding carboxylic acids is 1. The number of hydrogen-bond acceptors (Lipinski definition) is 5. The predicted octanol–water partition coefficient (Wildman–Crippen LogP) is 1.30. The zero-order valence-corrected chi connectivity index (χ0v) is 9.58. The van der Waals surface area contributed by atoms with Crippen molar-refractivity contribution in [2.45, 2.75) is 0 Å². The molecule has 0 aliphatic rings. The molecule has 0 atom stereocenters. The molecular weight excluding hydrogens is 238 g/mol. The normalized spacial score (nSPS) is 9.47. The Hall–Kier alpha value is -2.10. The van der Waals surface area contributed by atoms with Gasteiger partial charge in [0.25, 0.3) is 5.91 Å². The lowest BCUT2D eigenvalue weighted by Crippen LogP contribution is -2.10. The van der Waals surface area contributed by atoms with Crippen molar-refractivity contribution in [3.05, 3.63) is 35.2 Å². The first kappa shape index (κ1) is 11.4. The van der Waals surface area contributed by atoms with Gasteiger partial charge in [-0.25, -0.2) is 4.98 Å². The van der Waals surface area contributed by atoms with E-state index in [1.807, 2.05) is 0 Å². The molecule has 6 heteroatoms. The van der Waals surface area contributed by atoms with Crippen LogP contribution >= 0.6 is 11.3 Å². The Morgan fingerprint density at radius 1 is 1.65 bits per heavy atom. The Kier molecular flexibility index (Phi) is 3.55. The van der Waals surface area contributed by atoms with Gasteiger partial charge in [-0.15, -0.1) is 0 Å². The Bertz CT molecular complexity index is 563. The fraction of sp³-hybridized carbons (Fsp3) is 0.0909. The Morgan fingerprint density at radius 3 is 3.24 bits per heavy atom. The Labute approximate surface area is 102 Å². The van der Waals surface area contributed by atoms with Crippen LogP contribution in [-0.2, 0) is 0 Å². The van der Waals surface area contributed by atoms with Crippen LogP contribution in [0.5, 0.6) is 0 Å². The van der Waals surface area contributed by atoms with E-state index in [4.69, 9.17) is 10.2 Å². The summed E-state index contributed by atoms with van der Waals surface area (Å²) in [6.07, 6.45) is 4.41. The molecule has 5 nitrogen and oxygen atoms in total. The molecule has 0 bridgehead atoms. The molecule has 0 aliphatic carbocycles. The van der Waals surface area contributed by atoms with Crippen molar-refractivity contribution in [1.29, 1.82) is 0 Å². The van der Waals surface area contributed by atoms with Gasteiger partial charge in [-0.3, -0.25) is 10.1 Å². The topological polar surface area (TPSA) is 81.1 Å². The van der Waals surface area contributed by atoms with Crippen molar-refractivity contribution in [2.75, 3.05) is 11.9 Å². The minimum absolute atomic E-state index is 0.258. The molecule has 0 spiro atoms. The fourth-order valence-electron chi connectivity index (χ4n) is 1.09. The molecule has 0 unspecified atom stereocenters. The number of anilines is 1. The quantitative estimate of drug-likeness (QED) is 0.784. The summed E-state index contributed by atoms with van der Waals surface area (Å²) < 4.78 is 4.82. The first-order valence-electron chi connectivity index (χ1n) is 4.78. The van der Waals surface area contributed by atoms with Gasteiger partial charge in [0.05, 0.1) is 29.4 Å². The van der Waals surface area contributed by atoms with Crippen molar-refractivity contribution >= 4 is 22.4 Å². The standard InChI is InChI=1S/C11H9N3O2S/c12-4-1-2-9-6-13-11(17-9)14-10(15)8-3-5-16-7-8/h3,5-7H,4,12H2,(H,13,14,15). The van der Waals surface area contributed by atoms with Gasteiger partial charge in [0.2, 0.25) is 0 Å². The van der Waals surface area contributed by atoms with Crippen LogP contribution in [0, 0.1) is 11.8 Å². The first-order valence-corrected chi connectivity index (χ1v) is 5.59. The van der Waals surface area contributed by atoms with Crippen LogP contribution in [0.1, 0.15) is 15.2 Å². The monoisotopic (exact) mass is 247 g/mol. The summed E-state index contributed by atoms with van der Waals surface area (Å²) in [4.78, 5) is 16.4. The summed E-state index contributed by atoms with van der Waals surface area (Å²) in [5, 5.41) is 3.15. The molecule has 0 saturated heterocycles. The number of hydrogen-bond donors (Lipinski definition) is 2. The van der Waals surface area contributed by atoms with E-state index in [2.05, 4.69) is 22.1 Å². The Balaban J connectivity index is 2.04. The molecular formula is C11H9N3O2S. The van der Waals surface area contributed by atoms with Gasteiger partial charge in [-0.2, -0.15) is 0 Å². The second kappa shape index (κ2) is 5.30. The van der Waals surface area contributed by atoms with E-state index >= 15 is 0 Å². The van der Waals surface area contributed by atoms with Crippen LogP contribution in [0.15, 0.2) is 29.2 Å². The highest BCUT2D eigenvalue weighted by Crippen LogP contribution is 2.17. The molecule has 86 valence electrons. The van der Waals surface area contributed by atoms with Gasteiger partial charge in [-0.05, 0) is 6.07 Å². The Morgan fingerprint density at radius 2 is 2.53 bits per heavy atom. The number of nitrogens with zero attached hydrogens (tertiary/aromatic N) is 1. The van der Waals surface area contributed by atoms with E-state index in [9.17, 15) is 4.79 Å². The van der Waals surface area contributed by atoms with Gasteiger partial charge in [0.1, 0.15) is 6.26 Å². The summed E-state index contributed by atoms with van der Waals surface area (Å²) in [5.74, 6) is 5.31. The molecule has 17 heavy (non-hydrogen) atoms. The van der Waals surface area contributed by atoms with E-state index in [0.717, 1.165) is 4.88 Å². The molecule has 0 aromatic carbocycles. The predicted molar refractivity (Wildman–Crippen MR) is 64.7 cm³/mol. The van der Waals surface area contributed by atoms with E-state index in [1.165, 1.54) is 23.9 Å². The smallest absolute Gasteiger partial charge is 0.260 e. The second-order valence-corrected chi connectivity index (χ2v) is 4.03. The van der Waals surface area contributed by atoms with Gasteiger partial charge >= 0.3 is 0 Å². The minimum Gasteiger partial charge on any atom is -0.472 e. The van der Waals surface area contributed by atoms with E-state index in [0.29, 0.717) is 17.2 Å².